The standard InChI is InChI=1S/C26H22F2N4O5/c1-31-13-19(17-6-8-29-23(17)25(31)34)18-10-14(24(33)32-9-7-16(12-32)30-26(35)36)2-4-21(18)37-22-5-3-15(27)11-20(22)28/h2-6,8,10-11,13,16,29-30H,7,9,12H2,1H3,(H,35,36). The summed E-state index contributed by atoms with van der Waals surface area (Å²) in [5, 5.41) is 11.9. The van der Waals surface area contributed by atoms with Gasteiger partial charge in [-0.3, -0.25) is 9.59 Å². The smallest absolute Gasteiger partial charge is 0.404 e. The summed E-state index contributed by atoms with van der Waals surface area (Å²) in [4.78, 5) is 41.3. The first kappa shape index (κ1) is 24.0. The largest absolute Gasteiger partial charge is 0.465 e. The van der Waals surface area contributed by atoms with E-state index >= 15 is 0 Å². The van der Waals surface area contributed by atoms with E-state index in [1.807, 2.05) is 0 Å². The van der Waals surface area contributed by atoms with Crippen LogP contribution in [0.2, 0.25) is 0 Å². The lowest BCUT2D eigenvalue weighted by molar-refractivity contribution is 0.0788. The van der Waals surface area contributed by atoms with E-state index in [1.165, 1.54) is 22.8 Å². The highest BCUT2D eigenvalue weighted by Gasteiger charge is 2.29. The topological polar surface area (TPSA) is 117 Å². The summed E-state index contributed by atoms with van der Waals surface area (Å²) < 4.78 is 35.0. The second-order valence-electron chi connectivity index (χ2n) is 8.80. The third-order valence-electron chi connectivity index (χ3n) is 6.33. The fourth-order valence-corrected chi connectivity index (χ4v) is 4.54. The molecule has 2 amide bonds. The van der Waals surface area contributed by atoms with E-state index < -0.39 is 17.7 Å². The molecule has 3 N–H and O–H groups in total. The fraction of sp³-hybridized carbons (Fsp3) is 0.192. The van der Waals surface area contributed by atoms with Gasteiger partial charge in [0.2, 0.25) is 0 Å². The van der Waals surface area contributed by atoms with Gasteiger partial charge in [-0.15, -0.1) is 0 Å². The van der Waals surface area contributed by atoms with E-state index in [4.69, 9.17) is 9.84 Å². The minimum atomic E-state index is -1.15. The summed E-state index contributed by atoms with van der Waals surface area (Å²) in [6.07, 6.45) is 2.55. The summed E-state index contributed by atoms with van der Waals surface area (Å²) in [5.74, 6) is -1.98. The molecule has 190 valence electrons. The Kier molecular flexibility index (Phi) is 6.12. The molecule has 1 aliphatic heterocycles. The van der Waals surface area contributed by atoms with Crippen LogP contribution < -0.4 is 15.6 Å². The van der Waals surface area contributed by atoms with E-state index in [9.17, 15) is 23.2 Å². The Hall–Kier alpha value is -4.67. The van der Waals surface area contributed by atoms with Gasteiger partial charge in [-0.2, -0.15) is 0 Å². The van der Waals surface area contributed by atoms with Crippen LogP contribution in [0.5, 0.6) is 11.5 Å². The summed E-state index contributed by atoms with van der Waals surface area (Å²) in [5.41, 5.74) is 1.36. The molecule has 1 atom stereocenters. The number of benzene rings is 2. The van der Waals surface area contributed by atoms with Crippen LogP contribution in [0.1, 0.15) is 16.8 Å². The van der Waals surface area contributed by atoms with Gasteiger partial charge in [-0.1, -0.05) is 0 Å². The van der Waals surface area contributed by atoms with Crippen LogP contribution in [0.3, 0.4) is 0 Å². The van der Waals surface area contributed by atoms with Crippen LogP contribution in [0.25, 0.3) is 22.0 Å². The Morgan fingerprint density at radius 1 is 1.11 bits per heavy atom. The molecule has 2 aromatic heterocycles. The van der Waals surface area contributed by atoms with Crippen LogP contribution >= 0.6 is 0 Å². The molecule has 11 heteroatoms. The number of rotatable bonds is 5. The third-order valence-corrected chi connectivity index (χ3v) is 6.33. The van der Waals surface area contributed by atoms with Gasteiger partial charge in [0.15, 0.2) is 11.6 Å². The highest BCUT2D eigenvalue weighted by Crippen LogP contribution is 2.38. The highest BCUT2D eigenvalue weighted by molar-refractivity contribution is 6.00. The lowest BCUT2D eigenvalue weighted by atomic mass is 9.99. The number of nitrogens with one attached hydrogen (secondary N) is 2. The fourth-order valence-electron chi connectivity index (χ4n) is 4.54. The van der Waals surface area contributed by atoms with E-state index in [0.717, 1.165) is 6.07 Å². The second-order valence-corrected chi connectivity index (χ2v) is 8.80. The van der Waals surface area contributed by atoms with Crippen LogP contribution in [0, 0.1) is 11.6 Å². The van der Waals surface area contributed by atoms with Crippen molar-refractivity contribution in [2.24, 2.45) is 7.05 Å². The molecule has 9 nitrogen and oxygen atoms in total. The second kappa shape index (κ2) is 9.41. The molecule has 0 radical (unpaired) electrons. The first-order valence-electron chi connectivity index (χ1n) is 11.4. The zero-order valence-corrected chi connectivity index (χ0v) is 19.6. The van der Waals surface area contributed by atoms with Gasteiger partial charge in [0.05, 0.1) is 6.04 Å². The number of carbonyl (C=O) groups is 2. The number of hydrogen-bond acceptors (Lipinski definition) is 4. The van der Waals surface area contributed by atoms with Crippen LogP contribution in [-0.2, 0) is 7.05 Å². The molecule has 0 bridgehead atoms. The van der Waals surface area contributed by atoms with Crippen molar-refractivity contribution in [3.05, 3.63) is 82.4 Å². The number of hydrogen-bond donors (Lipinski definition) is 3. The molecular formula is C26H22F2N4O5. The number of aryl methyl sites for hydroxylation is 1. The minimum absolute atomic E-state index is 0.190. The summed E-state index contributed by atoms with van der Waals surface area (Å²) >= 11 is 0. The molecule has 5 rings (SSSR count). The van der Waals surface area contributed by atoms with Crippen molar-refractivity contribution in [3.8, 4) is 22.6 Å². The molecule has 1 fully saturated rings. The van der Waals surface area contributed by atoms with E-state index in [-0.39, 0.29) is 35.6 Å². The van der Waals surface area contributed by atoms with Crippen molar-refractivity contribution in [2.75, 3.05) is 13.1 Å². The lowest BCUT2D eigenvalue weighted by Gasteiger charge is -2.19. The molecule has 1 aliphatic rings. The third kappa shape index (κ3) is 4.63. The highest BCUT2D eigenvalue weighted by atomic mass is 19.1. The van der Waals surface area contributed by atoms with E-state index in [2.05, 4.69) is 10.3 Å². The van der Waals surface area contributed by atoms with Gasteiger partial charge < -0.3 is 29.6 Å². The summed E-state index contributed by atoms with van der Waals surface area (Å²) in [6.45, 7) is 0.599. The number of carboxylic acid groups (broad SMARTS) is 1. The number of fused-ring (bicyclic) bond motifs is 1. The maximum Gasteiger partial charge on any atom is 0.404 e. The van der Waals surface area contributed by atoms with Gasteiger partial charge in [0.25, 0.3) is 11.5 Å². The van der Waals surface area contributed by atoms with Crippen LogP contribution in [-0.4, -0.2) is 50.7 Å². The number of amides is 2. The first-order valence-corrected chi connectivity index (χ1v) is 11.4. The number of pyridine rings is 1. The van der Waals surface area contributed by atoms with Gasteiger partial charge in [0, 0.05) is 60.7 Å². The first-order chi connectivity index (χ1) is 17.7. The van der Waals surface area contributed by atoms with Gasteiger partial charge in [0.1, 0.15) is 17.1 Å². The Morgan fingerprint density at radius 2 is 1.89 bits per heavy atom. The normalized spacial score (nSPS) is 15.2. The van der Waals surface area contributed by atoms with Crippen molar-refractivity contribution in [2.45, 2.75) is 12.5 Å². The van der Waals surface area contributed by atoms with Crippen molar-refractivity contribution in [3.63, 3.8) is 0 Å². The molecular weight excluding hydrogens is 486 g/mol. The van der Waals surface area contributed by atoms with Crippen LogP contribution in [0.4, 0.5) is 13.6 Å². The van der Waals surface area contributed by atoms with Crippen molar-refractivity contribution in [1.29, 1.82) is 0 Å². The minimum Gasteiger partial charge on any atom is -0.465 e. The maximum absolute atomic E-state index is 14.4. The number of H-pyrrole nitrogens is 1. The number of carbonyl (C=O) groups excluding carboxylic acids is 1. The predicted molar refractivity (Wildman–Crippen MR) is 131 cm³/mol. The molecule has 0 saturated carbocycles. The number of nitrogens with zero attached hydrogens (tertiary/aromatic N) is 2. The average Bonchev–Trinajstić information content (AvgIpc) is 3.53. The Balaban J connectivity index is 1.59. The Bertz CT molecular complexity index is 1600. The quantitative estimate of drug-likeness (QED) is 0.376. The average molecular weight is 508 g/mol. The molecule has 4 aromatic rings. The van der Waals surface area contributed by atoms with Crippen molar-refractivity contribution >= 4 is 22.9 Å². The van der Waals surface area contributed by atoms with Gasteiger partial charge >= 0.3 is 6.09 Å². The molecule has 1 unspecified atom stereocenters. The molecule has 3 heterocycles. The summed E-state index contributed by atoms with van der Waals surface area (Å²) in [6, 6.07) is 8.91. The Morgan fingerprint density at radius 3 is 2.65 bits per heavy atom. The molecule has 37 heavy (non-hydrogen) atoms. The molecule has 1 saturated heterocycles. The zero-order valence-electron chi connectivity index (χ0n) is 19.6. The number of aromatic amines is 1. The Labute approximate surface area is 208 Å². The van der Waals surface area contributed by atoms with Crippen molar-refractivity contribution < 1.29 is 28.2 Å². The number of likely N-dealkylation sites (tertiary alicyclic amines) is 1. The molecule has 0 spiro atoms. The van der Waals surface area contributed by atoms with Crippen LogP contribution in [0.15, 0.2) is 59.7 Å². The number of ether oxygens (including phenoxy) is 1. The van der Waals surface area contributed by atoms with Gasteiger partial charge in [-0.05, 0) is 42.8 Å². The number of aromatic nitrogens is 2. The molecule has 2 aromatic carbocycles. The predicted octanol–water partition coefficient (Wildman–Crippen LogP) is 4.09. The monoisotopic (exact) mass is 508 g/mol. The maximum atomic E-state index is 14.4. The van der Waals surface area contributed by atoms with E-state index in [1.54, 1.807) is 36.5 Å². The zero-order chi connectivity index (χ0) is 26.3. The van der Waals surface area contributed by atoms with Gasteiger partial charge in [-0.25, -0.2) is 13.6 Å². The SMILES string of the molecule is Cn1cc(-c2cc(C(=O)N3CCC(NC(=O)O)C3)ccc2Oc2ccc(F)cc2F)c2cc[nH]c2c1=O. The number of halogens is 2. The van der Waals surface area contributed by atoms with E-state index in [0.29, 0.717) is 46.6 Å². The molecule has 0 aliphatic carbocycles. The lowest BCUT2D eigenvalue weighted by Crippen LogP contribution is -2.37. The summed E-state index contributed by atoms with van der Waals surface area (Å²) in [7, 11) is 1.58. The van der Waals surface area contributed by atoms with Crippen molar-refractivity contribution in [1.82, 2.24) is 19.8 Å².